The lowest BCUT2D eigenvalue weighted by Crippen LogP contribution is -2.33. The molecule has 0 radical (unpaired) electrons. The summed E-state index contributed by atoms with van der Waals surface area (Å²) in [5.74, 6) is -2.51. The fourth-order valence-electron chi connectivity index (χ4n) is 3.76. The first kappa shape index (κ1) is 25.7. The summed E-state index contributed by atoms with van der Waals surface area (Å²) in [6, 6.07) is 13.1. The SMILES string of the molecule is CCOC(=O)C1=C(C[S+]([O-])c2ccccc2Cl)NC(C)=C(C#N)C1c1ccccc1C(F)(F)F. The van der Waals surface area contributed by atoms with Crippen molar-refractivity contribution in [2.75, 3.05) is 12.4 Å². The summed E-state index contributed by atoms with van der Waals surface area (Å²) in [5, 5.41) is 13.0. The molecule has 0 spiro atoms. The number of halogens is 4. The lowest BCUT2D eigenvalue weighted by atomic mass is 9.79. The molecule has 3 rings (SSSR count). The van der Waals surface area contributed by atoms with Gasteiger partial charge in [0.1, 0.15) is 0 Å². The van der Waals surface area contributed by atoms with Crippen LogP contribution in [0.5, 0.6) is 0 Å². The van der Waals surface area contributed by atoms with Gasteiger partial charge in [-0.15, -0.1) is 0 Å². The summed E-state index contributed by atoms with van der Waals surface area (Å²) in [6.45, 7) is 3.03. The molecule has 0 aliphatic carbocycles. The van der Waals surface area contributed by atoms with E-state index in [1.165, 1.54) is 25.1 Å². The Labute approximate surface area is 203 Å². The number of nitrogens with one attached hydrogen (secondary N) is 1. The van der Waals surface area contributed by atoms with Gasteiger partial charge in [0.05, 0.1) is 46.0 Å². The monoisotopic (exact) mass is 508 g/mol. The Balaban J connectivity index is 2.23. The van der Waals surface area contributed by atoms with Gasteiger partial charge in [0.15, 0.2) is 10.6 Å². The van der Waals surface area contributed by atoms with E-state index in [2.05, 4.69) is 5.32 Å². The molecule has 1 aliphatic heterocycles. The first-order chi connectivity index (χ1) is 16.1. The normalized spacial score (nSPS) is 17.2. The Morgan fingerprint density at radius 1 is 1.24 bits per heavy atom. The summed E-state index contributed by atoms with van der Waals surface area (Å²) < 4.78 is 59.9. The van der Waals surface area contributed by atoms with Crippen LogP contribution in [0.4, 0.5) is 13.2 Å². The van der Waals surface area contributed by atoms with Gasteiger partial charge in [-0.25, -0.2) is 4.79 Å². The number of rotatable bonds is 6. The van der Waals surface area contributed by atoms with Crippen LogP contribution in [0.25, 0.3) is 0 Å². The van der Waals surface area contributed by atoms with E-state index in [9.17, 15) is 27.8 Å². The molecule has 2 unspecified atom stereocenters. The van der Waals surface area contributed by atoms with Gasteiger partial charge < -0.3 is 14.6 Å². The Bertz CT molecular complexity index is 1200. The smallest absolute Gasteiger partial charge is 0.416 e. The van der Waals surface area contributed by atoms with E-state index in [-0.39, 0.29) is 45.5 Å². The van der Waals surface area contributed by atoms with Gasteiger partial charge in [-0.3, -0.25) is 0 Å². The second-order valence-corrected chi connectivity index (χ2v) is 9.15. The Kier molecular flexibility index (Phi) is 7.97. The first-order valence-electron chi connectivity index (χ1n) is 10.2. The minimum absolute atomic E-state index is 0.0402. The van der Waals surface area contributed by atoms with Gasteiger partial charge in [0, 0.05) is 5.70 Å². The van der Waals surface area contributed by atoms with Crippen molar-refractivity contribution in [3.8, 4) is 6.07 Å². The van der Waals surface area contributed by atoms with Crippen LogP contribution in [0.15, 0.2) is 76.0 Å². The minimum Gasteiger partial charge on any atom is -0.611 e. The number of ether oxygens (including phenoxy) is 1. The molecule has 0 saturated carbocycles. The Morgan fingerprint density at radius 3 is 2.50 bits per heavy atom. The van der Waals surface area contributed by atoms with Crippen LogP contribution in [-0.4, -0.2) is 22.9 Å². The molecule has 2 atom stereocenters. The molecule has 0 amide bonds. The van der Waals surface area contributed by atoms with Crippen molar-refractivity contribution >= 4 is 28.7 Å². The molecule has 5 nitrogen and oxygen atoms in total. The van der Waals surface area contributed by atoms with Crippen LogP contribution >= 0.6 is 11.6 Å². The zero-order valence-electron chi connectivity index (χ0n) is 18.2. The molecule has 2 aromatic carbocycles. The molecule has 0 aromatic heterocycles. The summed E-state index contributed by atoms with van der Waals surface area (Å²) in [5.41, 5.74) is -1.14. The van der Waals surface area contributed by atoms with Crippen LogP contribution in [0.2, 0.25) is 5.02 Å². The number of hydrogen-bond donors (Lipinski definition) is 1. The molecule has 1 heterocycles. The highest BCUT2D eigenvalue weighted by atomic mass is 35.5. The summed E-state index contributed by atoms with van der Waals surface area (Å²) in [7, 11) is 0. The molecule has 0 saturated heterocycles. The van der Waals surface area contributed by atoms with Crippen LogP contribution < -0.4 is 5.32 Å². The van der Waals surface area contributed by atoms with E-state index in [1.807, 2.05) is 6.07 Å². The number of nitriles is 1. The van der Waals surface area contributed by atoms with Crippen LogP contribution in [-0.2, 0) is 26.9 Å². The van der Waals surface area contributed by atoms with Crippen molar-refractivity contribution in [1.82, 2.24) is 5.32 Å². The average molecular weight is 509 g/mol. The van der Waals surface area contributed by atoms with E-state index >= 15 is 0 Å². The number of allylic oxidation sites excluding steroid dienone is 2. The number of carbonyl (C=O) groups is 1. The zero-order chi connectivity index (χ0) is 25.0. The Hall–Kier alpha value is -2.93. The number of alkyl halides is 3. The molecule has 2 aromatic rings. The third-order valence-corrected chi connectivity index (χ3v) is 7.03. The number of benzene rings is 2. The van der Waals surface area contributed by atoms with Gasteiger partial charge in [-0.05, 0) is 48.8 Å². The third kappa shape index (κ3) is 5.25. The largest absolute Gasteiger partial charge is 0.611 e. The van der Waals surface area contributed by atoms with E-state index in [0.29, 0.717) is 4.90 Å². The lowest BCUT2D eigenvalue weighted by Gasteiger charge is -2.31. The van der Waals surface area contributed by atoms with Crippen LogP contribution in [0, 0.1) is 11.3 Å². The van der Waals surface area contributed by atoms with Crippen molar-refractivity contribution < 1.29 is 27.3 Å². The van der Waals surface area contributed by atoms with Crippen molar-refractivity contribution in [3.05, 3.63) is 87.2 Å². The molecule has 1 aliphatic rings. The topological polar surface area (TPSA) is 85.2 Å². The van der Waals surface area contributed by atoms with Crippen LogP contribution in [0.3, 0.4) is 0 Å². The number of esters is 1. The molecule has 34 heavy (non-hydrogen) atoms. The van der Waals surface area contributed by atoms with Gasteiger partial charge >= 0.3 is 12.1 Å². The fraction of sp³-hybridized carbons (Fsp3) is 0.250. The standard InChI is InChI=1S/C24H20ClF3N2O3S/c1-3-33-23(31)22-19(13-34(32)20-11-7-6-10-18(20)25)30-14(2)16(12-29)21(22)15-8-4-5-9-17(15)24(26,27)28/h4-11,21,30H,3,13H2,1-2H3. The van der Waals surface area contributed by atoms with Crippen molar-refractivity contribution in [3.63, 3.8) is 0 Å². The van der Waals surface area contributed by atoms with E-state index in [1.54, 1.807) is 31.2 Å². The van der Waals surface area contributed by atoms with Gasteiger partial charge in [-0.1, -0.05) is 41.9 Å². The van der Waals surface area contributed by atoms with Crippen LogP contribution in [0.1, 0.15) is 30.9 Å². The highest BCUT2D eigenvalue weighted by molar-refractivity contribution is 7.91. The average Bonchev–Trinajstić information content (AvgIpc) is 2.78. The molecular weight excluding hydrogens is 489 g/mol. The highest BCUT2D eigenvalue weighted by Crippen LogP contribution is 2.44. The second kappa shape index (κ2) is 10.6. The molecule has 1 N–H and O–H groups in total. The van der Waals surface area contributed by atoms with Crippen molar-refractivity contribution in [1.29, 1.82) is 5.26 Å². The minimum atomic E-state index is -4.73. The van der Waals surface area contributed by atoms with E-state index < -0.39 is 34.8 Å². The summed E-state index contributed by atoms with van der Waals surface area (Å²) in [6.07, 6.45) is -4.73. The zero-order valence-corrected chi connectivity index (χ0v) is 19.8. The number of dihydropyridines is 1. The lowest BCUT2D eigenvalue weighted by molar-refractivity contribution is -0.140. The molecule has 0 fully saturated rings. The summed E-state index contributed by atoms with van der Waals surface area (Å²) >= 11 is 4.41. The van der Waals surface area contributed by atoms with E-state index in [4.69, 9.17) is 16.3 Å². The van der Waals surface area contributed by atoms with Gasteiger partial charge in [0.2, 0.25) is 0 Å². The highest BCUT2D eigenvalue weighted by Gasteiger charge is 2.42. The maximum atomic E-state index is 13.9. The van der Waals surface area contributed by atoms with E-state index in [0.717, 1.165) is 6.07 Å². The third-order valence-electron chi connectivity index (χ3n) is 5.20. The predicted molar refractivity (Wildman–Crippen MR) is 122 cm³/mol. The molecule has 10 heteroatoms. The Morgan fingerprint density at radius 2 is 1.88 bits per heavy atom. The quantitative estimate of drug-likeness (QED) is 0.413. The van der Waals surface area contributed by atoms with Gasteiger partial charge in [-0.2, -0.15) is 18.4 Å². The van der Waals surface area contributed by atoms with Crippen molar-refractivity contribution in [2.24, 2.45) is 0 Å². The van der Waals surface area contributed by atoms with Crippen molar-refractivity contribution in [2.45, 2.75) is 30.8 Å². The second-order valence-electron chi connectivity index (χ2n) is 7.33. The number of nitrogens with zero attached hydrogens (tertiary/aromatic N) is 1. The number of hydrogen-bond acceptors (Lipinski definition) is 5. The molecule has 0 bridgehead atoms. The molecule has 178 valence electrons. The summed E-state index contributed by atoms with van der Waals surface area (Å²) in [4.78, 5) is 13.4. The first-order valence-corrected chi connectivity index (χ1v) is 11.9. The maximum Gasteiger partial charge on any atom is 0.416 e. The number of carbonyl (C=O) groups excluding carboxylic acids is 1. The molecular formula is C24H20ClF3N2O3S. The maximum absolute atomic E-state index is 13.9. The fourth-order valence-corrected chi connectivity index (χ4v) is 5.32. The predicted octanol–water partition coefficient (Wildman–Crippen LogP) is 5.47. The van der Waals surface area contributed by atoms with Gasteiger partial charge in [0.25, 0.3) is 0 Å².